The number of furan rings is 1. The molecule has 17 heavy (non-hydrogen) atoms. The van der Waals surface area contributed by atoms with Gasteiger partial charge in [-0.1, -0.05) is 13.8 Å². The van der Waals surface area contributed by atoms with Crippen LogP contribution in [0.25, 0.3) is 0 Å². The Labute approximate surface area is 111 Å². The number of aromatic nitrogens is 1. The summed E-state index contributed by atoms with van der Waals surface area (Å²) in [6, 6.07) is 3.28. The molecule has 90 valence electrons. The second-order valence-electron chi connectivity index (χ2n) is 3.79. The molecule has 0 radical (unpaired) electrons. The van der Waals surface area contributed by atoms with Gasteiger partial charge < -0.3 is 4.42 Å². The van der Waals surface area contributed by atoms with Crippen molar-refractivity contribution in [1.29, 1.82) is 0 Å². The van der Waals surface area contributed by atoms with E-state index in [4.69, 9.17) is 4.42 Å². The van der Waals surface area contributed by atoms with E-state index in [2.05, 4.69) is 40.1 Å². The predicted molar refractivity (Wildman–Crippen MR) is 70.6 cm³/mol. The molecule has 0 atom stereocenters. The monoisotopic (exact) mass is 314 g/mol. The lowest BCUT2D eigenvalue weighted by Gasteiger charge is -1.99. The van der Waals surface area contributed by atoms with Crippen molar-refractivity contribution in [2.75, 3.05) is 5.32 Å². The maximum Gasteiger partial charge on any atom is 0.293 e. The van der Waals surface area contributed by atoms with E-state index in [0.717, 1.165) is 5.69 Å². The van der Waals surface area contributed by atoms with Gasteiger partial charge in [0.05, 0.1) is 5.69 Å². The van der Waals surface area contributed by atoms with Gasteiger partial charge in [-0.2, -0.15) is 0 Å². The van der Waals surface area contributed by atoms with Crippen LogP contribution < -0.4 is 5.32 Å². The van der Waals surface area contributed by atoms with Gasteiger partial charge >= 0.3 is 0 Å². The summed E-state index contributed by atoms with van der Waals surface area (Å²) in [7, 11) is 0. The van der Waals surface area contributed by atoms with Crippen molar-refractivity contribution in [2.45, 2.75) is 19.8 Å². The first-order valence-electron chi connectivity index (χ1n) is 5.08. The van der Waals surface area contributed by atoms with Crippen LogP contribution in [-0.4, -0.2) is 10.9 Å². The maximum atomic E-state index is 11.7. The van der Waals surface area contributed by atoms with Gasteiger partial charge in [0.2, 0.25) is 0 Å². The molecule has 0 unspecified atom stereocenters. The minimum atomic E-state index is -0.291. The predicted octanol–water partition coefficient (Wildman–Crippen LogP) is 3.87. The summed E-state index contributed by atoms with van der Waals surface area (Å²) in [4.78, 5) is 16.1. The molecular formula is C11H11BrN2O2S. The van der Waals surface area contributed by atoms with Crippen LogP contribution in [0.1, 0.15) is 36.0 Å². The lowest BCUT2D eigenvalue weighted by molar-refractivity contribution is 0.0995. The first kappa shape index (κ1) is 12.3. The molecule has 0 fully saturated rings. The van der Waals surface area contributed by atoms with Gasteiger partial charge in [0.15, 0.2) is 15.6 Å². The van der Waals surface area contributed by atoms with Gasteiger partial charge in [0.25, 0.3) is 5.91 Å². The molecule has 2 heterocycles. The van der Waals surface area contributed by atoms with Crippen LogP contribution in [-0.2, 0) is 0 Å². The minimum absolute atomic E-state index is 0.262. The number of halogens is 1. The smallest absolute Gasteiger partial charge is 0.293 e. The summed E-state index contributed by atoms with van der Waals surface area (Å²) < 4.78 is 5.69. The third kappa shape index (κ3) is 2.95. The molecule has 4 nitrogen and oxygen atoms in total. The van der Waals surface area contributed by atoms with E-state index in [-0.39, 0.29) is 11.7 Å². The average molecular weight is 315 g/mol. The van der Waals surface area contributed by atoms with Crippen LogP contribution in [0.15, 0.2) is 26.6 Å². The summed E-state index contributed by atoms with van der Waals surface area (Å²) in [6.45, 7) is 4.12. The highest BCUT2D eigenvalue weighted by atomic mass is 79.9. The molecule has 0 spiro atoms. The van der Waals surface area contributed by atoms with Crippen molar-refractivity contribution < 1.29 is 9.21 Å². The number of nitrogens with one attached hydrogen (secondary N) is 1. The molecule has 0 saturated carbocycles. The number of rotatable bonds is 3. The van der Waals surface area contributed by atoms with Gasteiger partial charge in [-0.3, -0.25) is 10.1 Å². The van der Waals surface area contributed by atoms with E-state index in [1.165, 1.54) is 11.3 Å². The molecule has 0 aliphatic heterocycles. The molecule has 0 aliphatic rings. The van der Waals surface area contributed by atoms with Gasteiger partial charge in [-0.05, 0) is 34.0 Å². The Morgan fingerprint density at radius 1 is 1.53 bits per heavy atom. The van der Waals surface area contributed by atoms with Crippen molar-refractivity contribution in [1.82, 2.24) is 4.98 Å². The number of nitrogens with zero attached hydrogens (tertiary/aromatic N) is 1. The zero-order chi connectivity index (χ0) is 12.4. The fourth-order valence-electron chi connectivity index (χ4n) is 1.20. The SMILES string of the molecule is CC(C)c1csc(NC(=O)c2ccc(Br)o2)n1. The van der Waals surface area contributed by atoms with Crippen LogP contribution in [0.5, 0.6) is 0 Å². The number of thiazole rings is 1. The third-order valence-electron chi connectivity index (χ3n) is 2.13. The number of hydrogen-bond donors (Lipinski definition) is 1. The maximum absolute atomic E-state index is 11.7. The first-order valence-corrected chi connectivity index (χ1v) is 6.75. The zero-order valence-electron chi connectivity index (χ0n) is 9.36. The Kier molecular flexibility index (Phi) is 3.63. The van der Waals surface area contributed by atoms with Gasteiger partial charge in [0.1, 0.15) is 0 Å². The van der Waals surface area contributed by atoms with Crippen molar-refractivity contribution in [3.05, 3.63) is 33.6 Å². The van der Waals surface area contributed by atoms with Crippen molar-refractivity contribution in [3.63, 3.8) is 0 Å². The third-order valence-corrected chi connectivity index (χ3v) is 3.33. The second kappa shape index (κ2) is 5.01. The highest BCUT2D eigenvalue weighted by Gasteiger charge is 2.13. The van der Waals surface area contributed by atoms with Gasteiger partial charge in [-0.25, -0.2) is 4.98 Å². The Hall–Kier alpha value is -1.14. The van der Waals surface area contributed by atoms with E-state index in [1.807, 2.05) is 5.38 Å². The molecule has 0 aliphatic carbocycles. The molecule has 0 saturated heterocycles. The molecule has 2 aromatic heterocycles. The molecule has 1 amide bonds. The quantitative estimate of drug-likeness (QED) is 0.935. The Morgan fingerprint density at radius 3 is 2.82 bits per heavy atom. The number of carbonyl (C=O) groups excluding carboxylic acids is 1. The van der Waals surface area contributed by atoms with Crippen LogP contribution in [0.3, 0.4) is 0 Å². The Morgan fingerprint density at radius 2 is 2.29 bits per heavy atom. The Balaban J connectivity index is 2.07. The number of hydrogen-bond acceptors (Lipinski definition) is 4. The van der Waals surface area contributed by atoms with E-state index in [9.17, 15) is 4.79 Å². The molecular weight excluding hydrogens is 304 g/mol. The zero-order valence-corrected chi connectivity index (χ0v) is 11.8. The fourth-order valence-corrected chi connectivity index (χ4v) is 2.38. The van der Waals surface area contributed by atoms with Crippen LogP contribution in [0, 0.1) is 0 Å². The summed E-state index contributed by atoms with van der Waals surface area (Å²) in [5.41, 5.74) is 0.978. The van der Waals surface area contributed by atoms with Crippen LogP contribution in [0.4, 0.5) is 5.13 Å². The summed E-state index contributed by atoms with van der Waals surface area (Å²) in [5, 5.41) is 5.23. The topological polar surface area (TPSA) is 55.1 Å². The van der Waals surface area contributed by atoms with E-state index in [1.54, 1.807) is 12.1 Å². The molecule has 6 heteroatoms. The van der Waals surface area contributed by atoms with Gasteiger partial charge in [-0.15, -0.1) is 11.3 Å². The largest absolute Gasteiger partial charge is 0.444 e. The summed E-state index contributed by atoms with van der Waals surface area (Å²) >= 11 is 4.56. The van der Waals surface area contributed by atoms with Gasteiger partial charge in [0, 0.05) is 5.38 Å². The number of amides is 1. The average Bonchev–Trinajstić information content (AvgIpc) is 2.86. The molecule has 2 rings (SSSR count). The molecule has 0 bridgehead atoms. The molecule has 0 aromatic carbocycles. The first-order chi connectivity index (χ1) is 8.06. The molecule has 1 N–H and O–H groups in total. The number of carbonyl (C=O) groups is 1. The molecule has 2 aromatic rings. The highest BCUT2D eigenvalue weighted by Crippen LogP contribution is 2.22. The standard InChI is InChI=1S/C11H11BrN2O2S/c1-6(2)7-5-17-11(13-7)14-10(15)8-3-4-9(12)16-8/h3-6H,1-2H3,(H,13,14,15). The normalized spacial score (nSPS) is 10.8. The lowest BCUT2D eigenvalue weighted by Crippen LogP contribution is -2.10. The number of anilines is 1. The Bertz CT molecular complexity index is 533. The lowest BCUT2D eigenvalue weighted by atomic mass is 10.2. The van der Waals surface area contributed by atoms with Crippen LogP contribution >= 0.6 is 27.3 Å². The summed E-state index contributed by atoms with van der Waals surface area (Å²) in [5.74, 6) is 0.327. The fraction of sp³-hybridized carbons (Fsp3) is 0.273. The van der Waals surface area contributed by atoms with E-state index >= 15 is 0 Å². The van der Waals surface area contributed by atoms with Crippen LogP contribution in [0.2, 0.25) is 0 Å². The van der Waals surface area contributed by atoms with Crippen molar-refractivity contribution >= 4 is 38.3 Å². The van der Waals surface area contributed by atoms with Crippen molar-refractivity contribution in [3.8, 4) is 0 Å². The second-order valence-corrected chi connectivity index (χ2v) is 5.43. The summed E-state index contributed by atoms with van der Waals surface area (Å²) in [6.07, 6.45) is 0. The van der Waals surface area contributed by atoms with E-state index in [0.29, 0.717) is 15.7 Å². The van der Waals surface area contributed by atoms with Crippen molar-refractivity contribution in [2.24, 2.45) is 0 Å². The highest BCUT2D eigenvalue weighted by molar-refractivity contribution is 9.10. The minimum Gasteiger partial charge on any atom is -0.444 e. The van der Waals surface area contributed by atoms with E-state index < -0.39 is 0 Å².